The lowest BCUT2D eigenvalue weighted by molar-refractivity contribution is 0.233. The van der Waals surface area contributed by atoms with Gasteiger partial charge in [0.25, 0.3) is 0 Å². The van der Waals surface area contributed by atoms with Gasteiger partial charge in [-0.15, -0.1) is 23.2 Å². The summed E-state index contributed by atoms with van der Waals surface area (Å²) in [6.07, 6.45) is -2.07. The standard InChI is InChI=1S/C7H15Cl2N2O2P/c8-2-5-11(6-3-9)14(12)10-4-1-7-13-14/h1-7H2,(H,10,12)/i1D2,2D2,5D2,6D2/hD. The molecule has 1 atom stereocenters. The second-order valence-electron chi connectivity index (χ2n) is 2.12. The van der Waals surface area contributed by atoms with E-state index in [1.807, 2.05) is 0 Å². The molecule has 7 heteroatoms. The fraction of sp³-hybridized carbons (Fsp3) is 1.00. The lowest BCUT2D eigenvalue weighted by Gasteiger charge is -2.33. The minimum absolute atomic E-state index is 0.0708. The molecule has 14 heavy (non-hydrogen) atoms. The molecule has 1 rings (SSSR count). The second kappa shape index (κ2) is 6.31. The summed E-state index contributed by atoms with van der Waals surface area (Å²) in [5.41, 5.74) is 0. The maximum atomic E-state index is 13.0. The first-order valence-electron chi connectivity index (χ1n) is 8.03. The van der Waals surface area contributed by atoms with Gasteiger partial charge in [-0.2, -0.15) is 0 Å². The van der Waals surface area contributed by atoms with Crippen molar-refractivity contribution >= 4 is 30.9 Å². The largest absolute Gasteiger partial charge is 0.343 e. The van der Waals surface area contributed by atoms with Crippen LogP contribution in [0.25, 0.3) is 0 Å². The summed E-state index contributed by atoms with van der Waals surface area (Å²) in [4.78, 5) is 0. The summed E-state index contributed by atoms with van der Waals surface area (Å²) in [5, 5.41) is 0.0708. The Morgan fingerprint density at radius 2 is 2.50 bits per heavy atom. The molecule has 0 aromatic heterocycles. The Bertz CT molecular complexity index is 503. The summed E-state index contributed by atoms with van der Waals surface area (Å²) in [6, 6.07) is 0. The third-order valence-electron chi connectivity index (χ3n) is 1.31. The van der Waals surface area contributed by atoms with Gasteiger partial charge in [-0.05, 0) is 6.37 Å². The summed E-state index contributed by atoms with van der Waals surface area (Å²) in [7, 11) is -4.82. The molecule has 0 aromatic carbocycles. The molecule has 1 fully saturated rings. The van der Waals surface area contributed by atoms with Crippen LogP contribution in [0.5, 0.6) is 0 Å². The first-order valence-corrected chi connectivity index (χ1v) is 6.03. The smallest absolute Gasteiger partial charge is 0.306 e. The Hall–Kier alpha value is 0.690. The number of rotatable bonds is 5. The minimum atomic E-state index is -4.82. The van der Waals surface area contributed by atoms with Crippen LogP contribution < -0.4 is 5.08 Å². The molecule has 4 nitrogen and oxygen atoms in total. The second-order valence-corrected chi connectivity index (χ2v) is 4.50. The Balaban J connectivity index is 3.46. The molecular formula is C7H15Cl2N2O2P. The number of halogens is 2. The van der Waals surface area contributed by atoms with Gasteiger partial charge in [0.2, 0.25) is 0 Å². The topological polar surface area (TPSA) is 41.6 Å². The van der Waals surface area contributed by atoms with Gasteiger partial charge >= 0.3 is 7.67 Å². The van der Waals surface area contributed by atoms with Crippen LogP contribution >= 0.6 is 30.9 Å². The lowest BCUT2D eigenvalue weighted by atomic mass is 10.5. The number of hydrogen-bond acceptors (Lipinski definition) is 2. The number of nitrogens with one attached hydrogen (secondary N) is 1. The minimum Gasteiger partial charge on any atom is -0.306 e. The third-order valence-corrected chi connectivity index (χ3v) is 3.22. The number of nitrogens with zero attached hydrogens (tertiary/aromatic N) is 1. The molecule has 1 saturated heterocycles. The van der Waals surface area contributed by atoms with Crippen LogP contribution in [0, 0.1) is 0 Å². The van der Waals surface area contributed by atoms with Crippen molar-refractivity contribution < 1.29 is 21.5 Å². The van der Waals surface area contributed by atoms with Crippen LogP contribution in [0.1, 0.15) is 17.3 Å². The van der Waals surface area contributed by atoms with Gasteiger partial charge in [-0.1, -0.05) is 0 Å². The van der Waals surface area contributed by atoms with E-state index in [-0.39, 0.29) is 9.75 Å². The van der Waals surface area contributed by atoms with E-state index in [1.54, 1.807) is 0 Å². The van der Waals surface area contributed by atoms with Crippen LogP contribution in [0.4, 0.5) is 0 Å². The fourth-order valence-corrected chi connectivity index (χ4v) is 2.40. The van der Waals surface area contributed by atoms with Crippen LogP contribution in [0.15, 0.2) is 0 Å². The molecule has 1 N–H and O–H groups in total. The fourth-order valence-electron chi connectivity index (χ4n) is 0.765. The molecule has 1 unspecified atom stereocenters. The van der Waals surface area contributed by atoms with Crippen molar-refractivity contribution in [2.45, 2.75) is 6.37 Å². The highest BCUT2D eigenvalue weighted by molar-refractivity contribution is 7.54. The number of hydrogen-bond donors (Lipinski definition) is 1. The molecule has 1 aliphatic rings. The highest BCUT2D eigenvalue weighted by Gasteiger charge is 2.32. The van der Waals surface area contributed by atoms with Crippen molar-refractivity contribution in [3.05, 3.63) is 0 Å². The Morgan fingerprint density at radius 3 is 3.07 bits per heavy atom. The summed E-state index contributed by atoms with van der Waals surface area (Å²) in [5.74, 6) is -4.13. The van der Waals surface area contributed by atoms with Gasteiger partial charge < -0.3 is 4.52 Å². The molecular weight excluding hydrogens is 246 g/mol. The van der Waals surface area contributed by atoms with E-state index in [0.717, 1.165) is 0 Å². The van der Waals surface area contributed by atoms with Crippen molar-refractivity contribution in [1.82, 2.24) is 9.75 Å². The van der Waals surface area contributed by atoms with Gasteiger partial charge in [0.05, 0.1) is 6.61 Å². The lowest BCUT2D eigenvalue weighted by Crippen LogP contribution is -2.35. The predicted molar refractivity (Wildman–Crippen MR) is 59.2 cm³/mol. The molecule has 0 saturated carbocycles. The van der Waals surface area contributed by atoms with Crippen molar-refractivity contribution in [3.63, 3.8) is 0 Å². The maximum absolute atomic E-state index is 13.0. The molecule has 84 valence electrons. The van der Waals surface area contributed by atoms with Gasteiger partial charge in [0, 0.05) is 42.2 Å². The zero-order valence-corrected chi connectivity index (χ0v) is 9.44. The monoisotopic (exact) mass is 269 g/mol. The van der Waals surface area contributed by atoms with Crippen LogP contribution in [0.2, 0.25) is 1.41 Å². The predicted octanol–water partition coefficient (Wildman–Crippen LogP) is 1.88. The average Bonchev–Trinajstić information content (AvgIpc) is 2.32. The molecule has 0 aromatic rings. The van der Waals surface area contributed by atoms with Gasteiger partial charge in [-0.3, -0.25) is 4.57 Å². The summed E-state index contributed by atoms with van der Waals surface area (Å²) >= 11 is 10.8. The first kappa shape index (κ1) is 4.91. The molecule has 0 bridgehead atoms. The zero-order chi connectivity index (χ0) is 18.5. The van der Waals surface area contributed by atoms with Gasteiger partial charge in [-0.25, -0.2) is 9.75 Å². The summed E-state index contributed by atoms with van der Waals surface area (Å²) in [6.45, 7) is -7.84. The first-order chi connectivity index (χ1) is 10.0. The van der Waals surface area contributed by atoms with Crippen LogP contribution in [-0.4, -0.2) is 42.5 Å². The molecule has 0 radical (unpaired) electrons. The SMILES string of the molecule is [2H]N1CC([2H])([2H])COP1(=O)N(C([2H])([2H])CCl)C([2H])([2H])C([2H])([2H])Cl. The van der Waals surface area contributed by atoms with Gasteiger partial charge in [0.15, 0.2) is 0 Å². The van der Waals surface area contributed by atoms with E-state index in [1.165, 1.54) is 0 Å². The molecule has 1 aliphatic heterocycles. The van der Waals surface area contributed by atoms with E-state index >= 15 is 0 Å². The molecule has 1 heterocycles. The van der Waals surface area contributed by atoms with E-state index < -0.39 is 51.9 Å². The highest BCUT2D eigenvalue weighted by atomic mass is 35.5. The van der Waals surface area contributed by atoms with Crippen molar-refractivity contribution in [2.24, 2.45) is 0 Å². The normalized spacial score (nSPS) is 45.8. The van der Waals surface area contributed by atoms with Crippen LogP contribution in [0.3, 0.4) is 0 Å². The Kier molecular flexibility index (Phi) is 2.21. The van der Waals surface area contributed by atoms with E-state index in [2.05, 4.69) is 0 Å². The van der Waals surface area contributed by atoms with Crippen LogP contribution in [-0.2, 0) is 9.09 Å². The Morgan fingerprint density at radius 1 is 1.71 bits per heavy atom. The molecule has 0 aliphatic carbocycles. The third kappa shape index (κ3) is 3.37. The zero-order valence-electron chi connectivity index (χ0n) is 16.0. The van der Waals surface area contributed by atoms with Crippen molar-refractivity contribution in [1.29, 1.82) is 0 Å². The quantitative estimate of drug-likeness (QED) is 0.612. The van der Waals surface area contributed by atoms with E-state index in [0.29, 0.717) is 0 Å². The van der Waals surface area contributed by atoms with Crippen molar-refractivity contribution in [2.75, 3.05) is 37.9 Å². The molecule has 0 amide bonds. The Labute approximate surface area is 107 Å². The summed E-state index contributed by atoms with van der Waals surface area (Å²) < 4.78 is 86.0. The highest BCUT2D eigenvalue weighted by Crippen LogP contribution is 2.47. The van der Waals surface area contributed by atoms with Gasteiger partial charge in [0.1, 0.15) is 1.41 Å². The number of alkyl halides is 2. The average molecular weight is 270 g/mol. The van der Waals surface area contributed by atoms with E-state index in [9.17, 15) is 4.57 Å². The van der Waals surface area contributed by atoms with E-state index in [4.69, 9.17) is 40.1 Å². The van der Waals surface area contributed by atoms with Crippen molar-refractivity contribution in [3.8, 4) is 0 Å². The maximum Gasteiger partial charge on any atom is 0.343 e. The molecule has 0 spiro atoms.